The van der Waals surface area contributed by atoms with Crippen LogP contribution in [0.1, 0.15) is 18.9 Å². The summed E-state index contributed by atoms with van der Waals surface area (Å²) in [4.78, 5) is 13.3. The van der Waals surface area contributed by atoms with Crippen LogP contribution in [0, 0.1) is 5.92 Å². The molecule has 0 spiro atoms. The summed E-state index contributed by atoms with van der Waals surface area (Å²) in [5.41, 5.74) is 1.03. The highest BCUT2D eigenvalue weighted by Gasteiger charge is 2.34. The minimum absolute atomic E-state index is 0.0522. The summed E-state index contributed by atoms with van der Waals surface area (Å²) in [6.45, 7) is 2.16. The summed E-state index contributed by atoms with van der Waals surface area (Å²) in [7, 11) is 0. The molecule has 140 valence electrons. The lowest BCUT2D eigenvalue weighted by atomic mass is 10.1. The van der Waals surface area contributed by atoms with Gasteiger partial charge in [-0.3, -0.25) is 4.90 Å². The van der Waals surface area contributed by atoms with Crippen LogP contribution in [0.4, 0.5) is 18.0 Å². The van der Waals surface area contributed by atoms with Crippen molar-refractivity contribution in [2.45, 2.75) is 32.0 Å². The zero-order valence-corrected chi connectivity index (χ0v) is 14.8. The Labute approximate surface area is 150 Å². The van der Waals surface area contributed by atoms with E-state index in [1.807, 2.05) is 25.1 Å². The summed E-state index contributed by atoms with van der Waals surface area (Å²) >= 11 is 5.93. The minimum atomic E-state index is -4.17. The molecule has 0 unspecified atom stereocenters. The van der Waals surface area contributed by atoms with Gasteiger partial charge in [0.2, 0.25) is 0 Å². The molecular formula is C17H23ClF3N3O. The lowest BCUT2D eigenvalue weighted by molar-refractivity contribution is -0.143. The van der Waals surface area contributed by atoms with Crippen molar-refractivity contribution >= 4 is 17.6 Å². The highest BCUT2D eigenvalue weighted by molar-refractivity contribution is 6.30. The van der Waals surface area contributed by atoms with Gasteiger partial charge in [-0.2, -0.15) is 13.2 Å². The molecule has 1 aliphatic rings. The number of carbonyl (C=O) groups excluding carboxylic acids is 1. The van der Waals surface area contributed by atoms with E-state index < -0.39 is 12.7 Å². The molecular weight excluding hydrogens is 355 g/mol. The predicted octanol–water partition coefficient (Wildman–Crippen LogP) is 3.45. The number of rotatable bonds is 6. The fourth-order valence-corrected chi connectivity index (χ4v) is 3.27. The van der Waals surface area contributed by atoms with Gasteiger partial charge >= 0.3 is 12.2 Å². The number of nitrogens with one attached hydrogen (secondary N) is 2. The first-order valence-electron chi connectivity index (χ1n) is 8.29. The largest absolute Gasteiger partial charge is 0.401 e. The number of likely N-dealkylation sites (tertiary alicyclic amines) is 1. The first-order chi connectivity index (χ1) is 11.7. The lowest BCUT2D eigenvalue weighted by Crippen LogP contribution is -2.43. The molecule has 0 saturated carbocycles. The molecule has 1 fully saturated rings. The molecule has 2 N–H and O–H groups in total. The standard InChI is InChI=1S/C17H23ClF3N3O/c1-12(7-13-3-2-4-15(18)8-13)23-16(25)22-9-14-5-6-24(10-14)11-17(19,20)21/h2-4,8,12,14H,5-7,9-11H2,1H3,(H2,22,23,25)/t12-,14+/m1/s1. The Hall–Kier alpha value is -1.47. The van der Waals surface area contributed by atoms with E-state index in [1.165, 1.54) is 4.90 Å². The van der Waals surface area contributed by atoms with Crippen LogP contribution < -0.4 is 10.6 Å². The molecule has 0 bridgehead atoms. The van der Waals surface area contributed by atoms with Crippen LogP contribution >= 0.6 is 11.6 Å². The molecule has 8 heteroatoms. The molecule has 1 aromatic carbocycles. The number of hydrogen-bond donors (Lipinski definition) is 2. The normalized spacial score (nSPS) is 19.6. The highest BCUT2D eigenvalue weighted by Crippen LogP contribution is 2.22. The molecule has 4 nitrogen and oxygen atoms in total. The first-order valence-corrected chi connectivity index (χ1v) is 8.67. The average molecular weight is 378 g/mol. The lowest BCUT2D eigenvalue weighted by Gasteiger charge is -2.19. The van der Waals surface area contributed by atoms with E-state index in [1.54, 1.807) is 6.07 Å². The first kappa shape index (κ1) is 19.8. The van der Waals surface area contributed by atoms with Crippen molar-refractivity contribution in [2.75, 3.05) is 26.2 Å². The third kappa shape index (κ3) is 7.52. The molecule has 1 aromatic rings. The van der Waals surface area contributed by atoms with Gasteiger partial charge < -0.3 is 10.6 Å². The van der Waals surface area contributed by atoms with Gasteiger partial charge in [-0.05, 0) is 49.9 Å². The Morgan fingerprint density at radius 1 is 1.44 bits per heavy atom. The van der Waals surface area contributed by atoms with Gasteiger partial charge in [-0.15, -0.1) is 0 Å². The second-order valence-electron chi connectivity index (χ2n) is 6.59. The second kappa shape index (κ2) is 8.76. The van der Waals surface area contributed by atoms with Gasteiger partial charge in [0, 0.05) is 24.2 Å². The Morgan fingerprint density at radius 2 is 2.20 bits per heavy atom. The van der Waals surface area contributed by atoms with Crippen LogP contribution in [0.2, 0.25) is 5.02 Å². The van der Waals surface area contributed by atoms with E-state index in [2.05, 4.69) is 10.6 Å². The van der Waals surface area contributed by atoms with Crippen LogP contribution in [0.15, 0.2) is 24.3 Å². The summed E-state index contributed by atoms with van der Waals surface area (Å²) < 4.78 is 37.1. The monoisotopic (exact) mass is 377 g/mol. The second-order valence-corrected chi connectivity index (χ2v) is 7.03. The van der Waals surface area contributed by atoms with Crippen LogP contribution in [0.3, 0.4) is 0 Å². The maximum atomic E-state index is 12.4. The van der Waals surface area contributed by atoms with Gasteiger partial charge in [-0.1, -0.05) is 23.7 Å². The van der Waals surface area contributed by atoms with E-state index in [4.69, 9.17) is 11.6 Å². The Balaban J connectivity index is 1.67. The fourth-order valence-electron chi connectivity index (χ4n) is 3.06. The number of amides is 2. The third-order valence-electron chi connectivity index (χ3n) is 4.13. The van der Waals surface area contributed by atoms with Crippen molar-refractivity contribution in [3.63, 3.8) is 0 Å². The number of carbonyl (C=O) groups is 1. The molecule has 0 aliphatic carbocycles. The van der Waals surface area contributed by atoms with Gasteiger partial charge in [-0.25, -0.2) is 4.79 Å². The number of benzene rings is 1. The number of urea groups is 1. The van der Waals surface area contributed by atoms with E-state index in [0.29, 0.717) is 37.5 Å². The predicted molar refractivity (Wildman–Crippen MR) is 91.8 cm³/mol. The number of nitrogens with zero attached hydrogens (tertiary/aromatic N) is 1. The zero-order chi connectivity index (χ0) is 18.4. The molecule has 1 aliphatic heterocycles. The smallest absolute Gasteiger partial charge is 0.338 e. The zero-order valence-electron chi connectivity index (χ0n) is 14.1. The number of alkyl halides is 3. The molecule has 2 atom stereocenters. The molecule has 2 rings (SSSR count). The maximum absolute atomic E-state index is 12.4. The average Bonchev–Trinajstić information content (AvgIpc) is 2.90. The van der Waals surface area contributed by atoms with Crippen molar-refractivity contribution in [3.05, 3.63) is 34.9 Å². The summed E-state index contributed by atoms with van der Waals surface area (Å²) in [6, 6.07) is 7.06. The van der Waals surface area contributed by atoms with Gasteiger partial charge in [0.25, 0.3) is 0 Å². The molecule has 1 heterocycles. The summed E-state index contributed by atoms with van der Waals surface area (Å²) in [6.07, 6.45) is -2.86. The SMILES string of the molecule is C[C@H](Cc1cccc(Cl)c1)NC(=O)NC[C@@H]1CCN(CC(F)(F)F)C1. The van der Waals surface area contributed by atoms with Crippen LogP contribution in [-0.4, -0.2) is 49.3 Å². The topological polar surface area (TPSA) is 44.4 Å². The summed E-state index contributed by atoms with van der Waals surface area (Å²) in [5.74, 6) is 0.0522. The van der Waals surface area contributed by atoms with E-state index in [9.17, 15) is 18.0 Å². The van der Waals surface area contributed by atoms with Crippen molar-refractivity contribution in [2.24, 2.45) is 5.92 Å². The van der Waals surface area contributed by atoms with Crippen molar-refractivity contribution in [3.8, 4) is 0 Å². The number of hydrogen-bond acceptors (Lipinski definition) is 2. The Kier molecular flexibility index (Phi) is 6.95. The van der Waals surface area contributed by atoms with Crippen LogP contribution in [-0.2, 0) is 6.42 Å². The van der Waals surface area contributed by atoms with E-state index in [-0.39, 0.29) is 18.0 Å². The fraction of sp³-hybridized carbons (Fsp3) is 0.588. The number of halogens is 4. The van der Waals surface area contributed by atoms with E-state index in [0.717, 1.165) is 5.56 Å². The van der Waals surface area contributed by atoms with Crippen LogP contribution in [0.5, 0.6) is 0 Å². The van der Waals surface area contributed by atoms with Gasteiger partial charge in [0.1, 0.15) is 0 Å². The van der Waals surface area contributed by atoms with Crippen LogP contribution in [0.25, 0.3) is 0 Å². The minimum Gasteiger partial charge on any atom is -0.338 e. The Morgan fingerprint density at radius 3 is 2.88 bits per heavy atom. The maximum Gasteiger partial charge on any atom is 0.401 e. The Bertz CT molecular complexity index is 583. The molecule has 1 saturated heterocycles. The highest BCUT2D eigenvalue weighted by atomic mass is 35.5. The van der Waals surface area contributed by atoms with Crippen molar-refractivity contribution in [1.82, 2.24) is 15.5 Å². The third-order valence-corrected chi connectivity index (χ3v) is 4.37. The molecule has 25 heavy (non-hydrogen) atoms. The molecule has 0 aromatic heterocycles. The molecule has 0 radical (unpaired) electrons. The van der Waals surface area contributed by atoms with Gasteiger partial charge in [0.15, 0.2) is 0 Å². The summed E-state index contributed by atoms with van der Waals surface area (Å²) in [5, 5.41) is 6.24. The van der Waals surface area contributed by atoms with E-state index >= 15 is 0 Å². The molecule has 2 amide bonds. The van der Waals surface area contributed by atoms with Crippen molar-refractivity contribution < 1.29 is 18.0 Å². The quantitative estimate of drug-likeness (QED) is 0.797. The van der Waals surface area contributed by atoms with Crippen molar-refractivity contribution in [1.29, 1.82) is 0 Å². The van der Waals surface area contributed by atoms with Gasteiger partial charge in [0.05, 0.1) is 6.54 Å².